The van der Waals surface area contributed by atoms with E-state index in [2.05, 4.69) is 5.32 Å². The lowest BCUT2D eigenvalue weighted by Crippen LogP contribution is -2.52. The maximum atomic E-state index is 12.2. The third kappa shape index (κ3) is 2.34. The summed E-state index contributed by atoms with van der Waals surface area (Å²) in [6.07, 6.45) is 0. The van der Waals surface area contributed by atoms with Gasteiger partial charge in [-0.05, 0) is 19.1 Å². The molecule has 0 saturated carbocycles. The highest BCUT2D eigenvalue weighted by Gasteiger charge is 2.25. The zero-order chi connectivity index (χ0) is 12.4. The summed E-state index contributed by atoms with van der Waals surface area (Å²) in [7, 11) is 0. The van der Waals surface area contributed by atoms with Gasteiger partial charge in [-0.25, -0.2) is 0 Å². The molecular weight excluding hydrogens is 220 g/mol. The topological polar surface area (TPSA) is 72.8 Å². The Hall–Kier alpha value is -1.75. The van der Waals surface area contributed by atoms with Gasteiger partial charge in [0.05, 0.1) is 5.56 Å². The molecule has 17 heavy (non-hydrogen) atoms. The van der Waals surface area contributed by atoms with Crippen molar-refractivity contribution in [3.05, 3.63) is 23.8 Å². The second-order valence-corrected chi connectivity index (χ2v) is 4.25. The molecule has 1 aromatic rings. The molecule has 3 N–H and O–H groups in total. The number of nitrogens with one attached hydrogen (secondary N) is 1. The normalized spacial score (nSPS) is 20.3. The maximum Gasteiger partial charge on any atom is 0.257 e. The Labute approximate surface area is 99.7 Å². The van der Waals surface area contributed by atoms with E-state index in [1.54, 1.807) is 4.90 Å². The number of hydrogen-bond donors (Lipinski definition) is 3. The largest absolute Gasteiger partial charge is 0.508 e. The first-order valence-electron chi connectivity index (χ1n) is 5.63. The number of amides is 1. The molecule has 1 heterocycles. The summed E-state index contributed by atoms with van der Waals surface area (Å²) in [6.45, 7) is 4.10. The summed E-state index contributed by atoms with van der Waals surface area (Å²) >= 11 is 0. The fourth-order valence-electron chi connectivity index (χ4n) is 2.00. The minimum atomic E-state index is -0.198. The van der Waals surface area contributed by atoms with Gasteiger partial charge in [0.1, 0.15) is 11.5 Å². The summed E-state index contributed by atoms with van der Waals surface area (Å²) in [5.74, 6) is -0.426. The van der Waals surface area contributed by atoms with Crippen molar-refractivity contribution in [3.63, 3.8) is 0 Å². The number of piperazine rings is 1. The number of aromatic hydroxyl groups is 2. The first kappa shape index (κ1) is 11.7. The molecule has 1 fully saturated rings. The van der Waals surface area contributed by atoms with E-state index >= 15 is 0 Å². The first-order chi connectivity index (χ1) is 8.09. The molecule has 1 aliphatic heterocycles. The Bertz CT molecular complexity index is 434. The lowest BCUT2D eigenvalue weighted by molar-refractivity contribution is 0.0652. The number of carbonyl (C=O) groups is 1. The number of phenols is 2. The van der Waals surface area contributed by atoms with Crippen molar-refractivity contribution in [2.45, 2.75) is 13.0 Å². The summed E-state index contributed by atoms with van der Waals surface area (Å²) in [5.41, 5.74) is 0.233. The van der Waals surface area contributed by atoms with E-state index < -0.39 is 0 Å². The van der Waals surface area contributed by atoms with Crippen LogP contribution in [0.15, 0.2) is 18.2 Å². The van der Waals surface area contributed by atoms with Crippen molar-refractivity contribution in [1.82, 2.24) is 10.2 Å². The van der Waals surface area contributed by atoms with Crippen LogP contribution < -0.4 is 5.32 Å². The van der Waals surface area contributed by atoms with Gasteiger partial charge in [-0.3, -0.25) is 4.79 Å². The molecule has 1 saturated heterocycles. The van der Waals surface area contributed by atoms with Gasteiger partial charge in [-0.2, -0.15) is 0 Å². The number of rotatable bonds is 1. The van der Waals surface area contributed by atoms with Gasteiger partial charge in [0.15, 0.2) is 0 Å². The van der Waals surface area contributed by atoms with Crippen molar-refractivity contribution < 1.29 is 15.0 Å². The fourth-order valence-corrected chi connectivity index (χ4v) is 2.00. The van der Waals surface area contributed by atoms with Crippen molar-refractivity contribution >= 4 is 5.91 Å². The third-order valence-corrected chi connectivity index (χ3v) is 2.97. The first-order valence-corrected chi connectivity index (χ1v) is 5.63. The van der Waals surface area contributed by atoms with Gasteiger partial charge in [0, 0.05) is 31.7 Å². The van der Waals surface area contributed by atoms with Gasteiger partial charge >= 0.3 is 0 Å². The summed E-state index contributed by atoms with van der Waals surface area (Å²) in [5, 5.41) is 22.0. The molecule has 1 amide bonds. The van der Waals surface area contributed by atoms with Gasteiger partial charge in [-0.1, -0.05) is 0 Å². The molecule has 1 aliphatic rings. The monoisotopic (exact) mass is 236 g/mol. The van der Waals surface area contributed by atoms with E-state index in [9.17, 15) is 15.0 Å². The van der Waals surface area contributed by atoms with E-state index in [4.69, 9.17) is 0 Å². The summed E-state index contributed by atoms with van der Waals surface area (Å²) < 4.78 is 0. The van der Waals surface area contributed by atoms with Crippen LogP contribution in [-0.2, 0) is 0 Å². The molecule has 0 unspecified atom stereocenters. The quantitative estimate of drug-likeness (QED) is 0.665. The van der Waals surface area contributed by atoms with Crippen molar-refractivity contribution in [2.24, 2.45) is 0 Å². The van der Waals surface area contributed by atoms with E-state index in [0.29, 0.717) is 6.54 Å². The van der Waals surface area contributed by atoms with Gasteiger partial charge in [-0.15, -0.1) is 0 Å². The maximum absolute atomic E-state index is 12.2. The molecule has 92 valence electrons. The van der Waals surface area contributed by atoms with Crippen LogP contribution in [0.2, 0.25) is 0 Å². The average Bonchev–Trinajstić information content (AvgIpc) is 2.29. The van der Waals surface area contributed by atoms with Crippen LogP contribution in [0.3, 0.4) is 0 Å². The van der Waals surface area contributed by atoms with E-state index in [1.165, 1.54) is 18.2 Å². The predicted molar refractivity (Wildman–Crippen MR) is 63.1 cm³/mol. The van der Waals surface area contributed by atoms with Gasteiger partial charge < -0.3 is 20.4 Å². The molecule has 0 spiro atoms. The lowest BCUT2D eigenvalue weighted by Gasteiger charge is -2.34. The van der Waals surface area contributed by atoms with Crippen molar-refractivity contribution in [2.75, 3.05) is 19.6 Å². The number of phenolic OH excluding ortho intramolecular Hbond substituents is 2. The predicted octanol–water partition coefficient (Wildman–Crippen LogP) is 0.532. The Balaban J connectivity index is 2.24. The zero-order valence-corrected chi connectivity index (χ0v) is 9.68. The Morgan fingerprint density at radius 1 is 1.47 bits per heavy atom. The molecule has 2 rings (SSSR count). The van der Waals surface area contributed by atoms with Crippen LogP contribution in [0, 0.1) is 0 Å². The summed E-state index contributed by atoms with van der Waals surface area (Å²) in [6, 6.07) is 4.13. The standard InChI is InChI=1S/C12H16N2O3/c1-8-7-13-4-5-14(8)12(17)10-3-2-9(15)6-11(10)16/h2-3,6,8,13,15-16H,4-5,7H2,1H3/t8-/m1/s1. The number of benzene rings is 1. The molecule has 0 radical (unpaired) electrons. The van der Waals surface area contributed by atoms with E-state index in [0.717, 1.165) is 13.1 Å². The molecule has 0 bridgehead atoms. The van der Waals surface area contributed by atoms with Crippen molar-refractivity contribution in [3.8, 4) is 11.5 Å². The molecule has 5 heteroatoms. The minimum Gasteiger partial charge on any atom is -0.508 e. The average molecular weight is 236 g/mol. The van der Waals surface area contributed by atoms with Crippen molar-refractivity contribution in [1.29, 1.82) is 0 Å². The van der Waals surface area contributed by atoms with Crippen LogP contribution >= 0.6 is 0 Å². The fraction of sp³-hybridized carbons (Fsp3) is 0.417. The lowest BCUT2D eigenvalue weighted by atomic mass is 10.1. The second kappa shape index (κ2) is 4.63. The Kier molecular flexibility index (Phi) is 3.19. The molecule has 0 aliphatic carbocycles. The van der Waals surface area contributed by atoms with Gasteiger partial charge in [0.25, 0.3) is 5.91 Å². The van der Waals surface area contributed by atoms with E-state index in [1.807, 2.05) is 6.92 Å². The van der Waals surface area contributed by atoms with Crippen LogP contribution in [0.25, 0.3) is 0 Å². The Morgan fingerprint density at radius 2 is 2.24 bits per heavy atom. The highest BCUT2D eigenvalue weighted by Crippen LogP contribution is 2.24. The molecule has 1 atom stereocenters. The highest BCUT2D eigenvalue weighted by atomic mass is 16.3. The van der Waals surface area contributed by atoms with Crippen LogP contribution in [0.1, 0.15) is 17.3 Å². The zero-order valence-electron chi connectivity index (χ0n) is 9.68. The van der Waals surface area contributed by atoms with E-state index in [-0.39, 0.29) is 29.0 Å². The van der Waals surface area contributed by atoms with Crippen LogP contribution in [0.4, 0.5) is 0 Å². The van der Waals surface area contributed by atoms with Crippen LogP contribution in [0.5, 0.6) is 11.5 Å². The molecule has 1 aromatic carbocycles. The minimum absolute atomic E-state index is 0.0487. The van der Waals surface area contributed by atoms with Gasteiger partial charge in [0.2, 0.25) is 0 Å². The number of hydrogen-bond acceptors (Lipinski definition) is 4. The Morgan fingerprint density at radius 3 is 2.88 bits per heavy atom. The second-order valence-electron chi connectivity index (χ2n) is 4.25. The summed E-state index contributed by atoms with van der Waals surface area (Å²) in [4.78, 5) is 13.9. The number of carbonyl (C=O) groups excluding carboxylic acids is 1. The molecular formula is C12H16N2O3. The van der Waals surface area contributed by atoms with Crippen LogP contribution in [-0.4, -0.2) is 46.7 Å². The molecule has 0 aromatic heterocycles. The molecule has 5 nitrogen and oxygen atoms in total. The SMILES string of the molecule is C[C@@H]1CNCCN1C(=O)c1ccc(O)cc1O. The smallest absolute Gasteiger partial charge is 0.257 e. The number of nitrogens with zero attached hydrogens (tertiary/aromatic N) is 1. The highest BCUT2D eigenvalue weighted by molar-refractivity contribution is 5.97. The third-order valence-electron chi connectivity index (χ3n) is 2.97.